The lowest BCUT2D eigenvalue weighted by Gasteiger charge is -2.24. The van der Waals surface area contributed by atoms with Gasteiger partial charge in [-0.15, -0.1) is 0 Å². The Morgan fingerprint density at radius 1 is 1.10 bits per heavy atom. The second kappa shape index (κ2) is 7.60. The van der Waals surface area contributed by atoms with E-state index in [0.717, 1.165) is 48.1 Å². The van der Waals surface area contributed by atoms with Gasteiger partial charge in [0.25, 0.3) is 0 Å². The SMILES string of the molecule is Fc1ccccc1-c1n[nH]c2cnc(-c3cnccc3O[C@@H]3CCCNC3)cc12. The third kappa shape index (κ3) is 3.45. The van der Waals surface area contributed by atoms with Crippen LogP contribution in [0.2, 0.25) is 0 Å². The normalized spacial score (nSPS) is 16.8. The molecule has 0 unspecified atom stereocenters. The molecule has 6 nitrogen and oxygen atoms in total. The van der Waals surface area contributed by atoms with Gasteiger partial charge in [0.05, 0.1) is 23.0 Å². The van der Waals surface area contributed by atoms with Crippen LogP contribution in [0, 0.1) is 5.82 Å². The van der Waals surface area contributed by atoms with Gasteiger partial charge in [0, 0.05) is 29.9 Å². The summed E-state index contributed by atoms with van der Waals surface area (Å²) in [5.41, 5.74) is 3.27. The van der Waals surface area contributed by atoms with Crippen LogP contribution in [0.5, 0.6) is 5.75 Å². The van der Waals surface area contributed by atoms with Crippen molar-refractivity contribution in [2.24, 2.45) is 0 Å². The largest absolute Gasteiger partial charge is 0.488 e. The lowest BCUT2D eigenvalue weighted by atomic mass is 10.1. The average Bonchev–Trinajstić information content (AvgIpc) is 3.18. The first-order valence-corrected chi connectivity index (χ1v) is 9.70. The Morgan fingerprint density at radius 2 is 2.03 bits per heavy atom. The van der Waals surface area contributed by atoms with E-state index in [1.807, 2.05) is 12.1 Å². The first kappa shape index (κ1) is 17.8. The molecule has 0 amide bonds. The van der Waals surface area contributed by atoms with Gasteiger partial charge in [-0.1, -0.05) is 12.1 Å². The van der Waals surface area contributed by atoms with E-state index in [2.05, 4.69) is 25.5 Å². The minimum Gasteiger partial charge on any atom is -0.488 e. The fraction of sp³-hybridized carbons (Fsp3) is 0.227. The molecule has 1 aromatic carbocycles. The van der Waals surface area contributed by atoms with Crippen molar-refractivity contribution in [3.8, 4) is 28.3 Å². The molecule has 1 aliphatic rings. The Hall–Kier alpha value is -3.32. The van der Waals surface area contributed by atoms with Gasteiger partial charge in [0.1, 0.15) is 23.4 Å². The van der Waals surface area contributed by atoms with Gasteiger partial charge < -0.3 is 10.1 Å². The van der Waals surface area contributed by atoms with Crippen molar-refractivity contribution in [1.29, 1.82) is 0 Å². The molecular formula is C22H20FN5O. The van der Waals surface area contributed by atoms with Gasteiger partial charge in [-0.3, -0.25) is 15.1 Å². The molecule has 2 N–H and O–H groups in total. The van der Waals surface area contributed by atoms with E-state index in [9.17, 15) is 4.39 Å². The Kier molecular flexibility index (Phi) is 4.65. The van der Waals surface area contributed by atoms with Crippen molar-refractivity contribution in [3.63, 3.8) is 0 Å². The first-order valence-electron chi connectivity index (χ1n) is 9.70. The lowest BCUT2D eigenvalue weighted by Crippen LogP contribution is -2.37. The number of nitrogens with zero attached hydrogens (tertiary/aromatic N) is 3. The van der Waals surface area contributed by atoms with E-state index >= 15 is 0 Å². The van der Waals surface area contributed by atoms with Gasteiger partial charge in [0.2, 0.25) is 0 Å². The van der Waals surface area contributed by atoms with E-state index in [-0.39, 0.29) is 11.9 Å². The number of rotatable bonds is 4. The summed E-state index contributed by atoms with van der Waals surface area (Å²) < 4.78 is 20.6. The zero-order valence-corrected chi connectivity index (χ0v) is 15.7. The smallest absolute Gasteiger partial charge is 0.132 e. The van der Waals surface area contributed by atoms with Crippen molar-refractivity contribution in [3.05, 3.63) is 60.8 Å². The van der Waals surface area contributed by atoms with E-state index in [0.29, 0.717) is 17.0 Å². The summed E-state index contributed by atoms with van der Waals surface area (Å²) in [5, 5.41) is 11.4. The number of pyridine rings is 2. The molecule has 3 aromatic heterocycles. The van der Waals surface area contributed by atoms with Crippen LogP contribution in [-0.2, 0) is 0 Å². The number of nitrogens with one attached hydrogen (secondary N) is 2. The number of piperidine rings is 1. The van der Waals surface area contributed by atoms with Crippen LogP contribution in [0.3, 0.4) is 0 Å². The van der Waals surface area contributed by atoms with Crippen LogP contribution >= 0.6 is 0 Å². The highest BCUT2D eigenvalue weighted by Crippen LogP contribution is 2.34. The number of fused-ring (bicyclic) bond motifs is 1. The summed E-state index contributed by atoms with van der Waals surface area (Å²) in [6, 6.07) is 10.4. The summed E-state index contributed by atoms with van der Waals surface area (Å²) in [5.74, 6) is 0.436. The quantitative estimate of drug-likeness (QED) is 0.553. The highest BCUT2D eigenvalue weighted by molar-refractivity contribution is 5.94. The molecule has 29 heavy (non-hydrogen) atoms. The number of hydrogen-bond donors (Lipinski definition) is 2. The second-order valence-corrected chi connectivity index (χ2v) is 7.13. The Morgan fingerprint density at radius 3 is 2.90 bits per heavy atom. The number of halogens is 1. The number of hydrogen-bond acceptors (Lipinski definition) is 5. The van der Waals surface area contributed by atoms with Gasteiger partial charge in [-0.05, 0) is 43.7 Å². The molecule has 4 aromatic rings. The van der Waals surface area contributed by atoms with Crippen LogP contribution in [0.15, 0.2) is 55.0 Å². The third-order valence-electron chi connectivity index (χ3n) is 5.18. The van der Waals surface area contributed by atoms with Crippen LogP contribution in [0.25, 0.3) is 33.4 Å². The number of aromatic nitrogens is 4. The molecule has 1 fully saturated rings. The van der Waals surface area contributed by atoms with Crippen molar-refractivity contribution < 1.29 is 9.13 Å². The molecule has 0 spiro atoms. The molecule has 7 heteroatoms. The highest BCUT2D eigenvalue weighted by atomic mass is 19.1. The molecule has 0 saturated carbocycles. The minimum absolute atomic E-state index is 0.122. The number of aromatic amines is 1. The zero-order valence-electron chi connectivity index (χ0n) is 15.7. The fourth-order valence-electron chi connectivity index (χ4n) is 3.70. The maximum Gasteiger partial charge on any atom is 0.132 e. The van der Waals surface area contributed by atoms with Gasteiger partial charge in [-0.25, -0.2) is 4.39 Å². The van der Waals surface area contributed by atoms with Crippen LogP contribution in [0.4, 0.5) is 4.39 Å². The van der Waals surface area contributed by atoms with E-state index in [1.54, 1.807) is 36.8 Å². The molecule has 1 aliphatic heterocycles. The molecule has 5 rings (SSSR count). The van der Waals surface area contributed by atoms with Crippen molar-refractivity contribution in [1.82, 2.24) is 25.5 Å². The number of benzene rings is 1. The van der Waals surface area contributed by atoms with E-state index < -0.39 is 0 Å². The van der Waals surface area contributed by atoms with Crippen molar-refractivity contribution in [2.75, 3.05) is 13.1 Å². The Labute approximate surface area is 167 Å². The Bertz CT molecular complexity index is 1150. The van der Waals surface area contributed by atoms with E-state index in [1.165, 1.54) is 6.07 Å². The standard InChI is InChI=1S/C22H20FN5O/c23-18-6-2-1-5-15(18)22-16-10-19(26-13-20(16)27-28-22)17-12-25-9-7-21(17)29-14-4-3-8-24-11-14/h1-2,5-7,9-10,12-14,24H,3-4,8,11H2,(H,27,28)/t14-/m1/s1. The maximum absolute atomic E-state index is 14.3. The number of ether oxygens (including phenoxy) is 1. The average molecular weight is 389 g/mol. The summed E-state index contributed by atoms with van der Waals surface area (Å²) in [6.07, 6.45) is 7.41. The van der Waals surface area contributed by atoms with Crippen LogP contribution < -0.4 is 10.1 Å². The second-order valence-electron chi connectivity index (χ2n) is 7.13. The van der Waals surface area contributed by atoms with Gasteiger partial charge in [0.15, 0.2) is 0 Å². The predicted octanol–water partition coefficient (Wildman–Crippen LogP) is 3.96. The maximum atomic E-state index is 14.3. The predicted molar refractivity (Wildman–Crippen MR) is 109 cm³/mol. The molecule has 1 atom stereocenters. The summed E-state index contributed by atoms with van der Waals surface area (Å²) >= 11 is 0. The molecule has 1 saturated heterocycles. The zero-order chi connectivity index (χ0) is 19.6. The number of H-pyrrole nitrogens is 1. The first-order chi connectivity index (χ1) is 14.3. The lowest BCUT2D eigenvalue weighted by molar-refractivity contribution is 0.167. The topological polar surface area (TPSA) is 75.7 Å². The molecule has 0 bridgehead atoms. The summed E-state index contributed by atoms with van der Waals surface area (Å²) in [6.45, 7) is 1.86. The summed E-state index contributed by atoms with van der Waals surface area (Å²) in [7, 11) is 0. The molecule has 0 radical (unpaired) electrons. The monoisotopic (exact) mass is 389 g/mol. The van der Waals surface area contributed by atoms with Crippen LogP contribution in [-0.4, -0.2) is 39.4 Å². The Balaban J connectivity index is 1.56. The molecule has 4 heterocycles. The third-order valence-corrected chi connectivity index (χ3v) is 5.18. The minimum atomic E-state index is -0.311. The van der Waals surface area contributed by atoms with Crippen molar-refractivity contribution in [2.45, 2.75) is 18.9 Å². The summed E-state index contributed by atoms with van der Waals surface area (Å²) in [4.78, 5) is 8.82. The fourth-order valence-corrected chi connectivity index (χ4v) is 3.70. The molecule has 146 valence electrons. The van der Waals surface area contributed by atoms with Gasteiger partial charge in [-0.2, -0.15) is 5.10 Å². The van der Waals surface area contributed by atoms with Crippen molar-refractivity contribution >= 4 is 10.9 Å². The highest BCUT2D eigenvalue weighted by Gasteiger charge is 2.19. The van der Waals surface area contributed by atoms with E-state index in [4.69, 9.17) is 4.74 Å². The van der Waals surface area contributed by atoms with Crippen LogP contribution in [0.1, 0.15) is 12.8 Å². The van der Waals surface area contributed by atoms with Gasteiger partial charge >= 0.3 is 0 Å². The molecule has 0 aliphatic carbocycles. The molecular weight excluding hydrogens is 369 g/mol.